The van der Waals surface area contributed by atoms with Crippen LogP contribution in [0.1, 0.15) is 38.8 Å². The van der Waals surface area contributed by atoms with E-state index in [2.05, 4.69) is 52.1 Å². The lowest BCUT2D eigenvalue weighted by Crippen LogP contribution is -2.48. The summed E-state index contributed by atoms with van der Waals surface area (Å²) in [5.74, 6) is 0.595. The molecule has 1 aromatic rings. The second kappa shape index (κ2) is 10.0. The molecule has 0 saturated heterocycles. The fraction of sp³-hybridized carbons (Fsp3) is 0.579. The predicted octanol–water partition coefficient (Wildman–Crippen LogP) is 1.72. The minimum absolute atomic E-state index is 0.0499. The standard InChI is InChI=1S/C19H33N5O/c1-7-20-18(22-13-17(25)23-19(2,3)4)21-12-15-10-8-9-11-16(15)14-24(5)6/h8-11H,7,12-14H2,1-6H3,(H,23,25)(H2,20,21,22). The highest BCUT2D eigenvalue weighted by molar-refractivity contribution is 5.86. The van der Waals surface area contributed by atoms with E-state index in [1.165, 1.54) is 11.1 Å². The van der Waals surface area contributed by atoms with Gasteiger partial charge in [0.1, 0.15) is 0 Å². The van der Waals surface area contributed by atoms with Gasteiger partial charge in [0.15, 0.2) is 5.96 Å². The topological polar surface area (TPSA) is 68.8 Å². The van der Waals surface area contributed by atoms with Crippen LogP contribution >= 0.6 is 0 Å². The lowest BCUT2D eigenvalue weighted by atomic mass is 10.1. The van der Waals surface area contributed by atoms with Crippen molar-refractivity contribution in [3.8, 4) is 0 Å². The number of carbonyl (C=O) groups is 1. The van der Waals surface area contributed by atoms with Crippen LogP contribution < -0.4 is 16.0 Å². The van der Waals surface area contributed by atoms with Gasteiger partial charge in [-0.2, -0.15) is 0 Å². The first-order chi connectivity index (χ1) is 11.7. The van der Waals surface area contributed by atoms with E-state index >= 15 is 0 Å². The van der Waals surface area contributed by atoms with Crippen LogP contribution in [0.4, 0.5) is 0 Å². The van der Waals surface area contributed by atoms with Crippen LogP contribution in [0, 0.1) is 0 Å². The van der Waals surface area contributed by atoms with Crippen molar-refractivity contribution < 1.29 is 4.79 Å². The number of benzene rings is 1. The summed E-state index contributed by atoms with van der Waals surface area (Å²) in [4.78, 5) is 18.7. The third-order valence-corrected chi connectivity index (χ3v) is 3.29. The van der Waals surface area contributed by atoms with Gasteiger partial charge in [0.05, 0.1) is 13.1 Å². The molecule has 0 atom stereocenters. The zero-order valence-electron chi connectivity index (χ0n) is 16.4. The Hall–Kier alpha value is -2.08. The highest BCUT2D eigenvalue weighted by Crippen LogP contribution is 2.11. The maximum absolute atomic E-state index is 12.0. The summed E-state index contributed by atoms with van der Waals surface area (Å²) < 4.78 is 0. The zero-order chi connectivity index (χ0) is 18.9. The summed E-state index contributed by atoms with van der Waals surface area (Å²) in [6.07, 6.45) is 0. The predicted molar refractivity (Wildman–Crippen MR) is 105 cm³/mol. The second-order valence-electron chi connectivity index (χ2n) is 7.35. The van der Waals surface area contributed by atoms with E-state index in [0.717, 1.165) is 13.1 Å². The first-order valence-corrected chi connectivity index (χ1v) is 8.76. The molecule has 0 aliphatic carbocycles. The Bertz CT molecular complexity index is 575. The lowest BCUT2D eigenvalue weighted by molar-refractivity contribution is -0.121. The molecule has 0 bridgehead atoms. The molecule has 1 amide bonds. The van der Waals surface area contributed by atoms with Crippen molar-refractivity contribution in [2.75, 3.05) is 27.2 Å². The van der Waals surface area contributed by atoms with Gasteiger partial charge in [0.2, 0.25) is 5.91 Å². The summed E-state index contributed by atoms with van der Waals surface area (Å²) >= 11 is 0. The Kier molecular flexibility index (Phi) is 8.41. The maximum atomic E-state index is 12.0. The summed E-state index contributed by atoms with van der Waals surface area (Å²) in [6, 6.07) is 8.30. The molecule has 6 nitrogen and oxygen atoms in total. The Labute approximate surface area is 152 Å². The van der Waals surface area contributed by atoms with Crippen LogP contribution in [0.2, 0.25) is 0 Å². The van der Waals surface area contributed by atoms with E-state index in [1.807, 2.05) is 39.8 Å². The van der Waals surface area contributed by atoms with E-state index in [1.54, 1.807) is 0 Å². The van der Waals surface area contributed by atoms with Crippen LogP contribution in [-0.2, 0) is 17.9 Å². The molecule has 25 heavy (non-hydrogen) atoms. The SMILES string of the molecule is CCNC(=NCc1ccccc1CN(C)C)NCC(=O)NC(C)(C)C. The van der Waals surface area contributed by atoms with Gasteiger partial charge in [-0.25, -0.2) is 4.99 Å². The minimum Gasteiger partial charge on any atom is -0.357 e. The van der Waals surface area contributed by atoms with Gasteiger partial charge in [-0.05, 0) is 52.9 Å². The fourth-order valence-corrected chi connectivity index (χ4v) is 2.34. The van der Waals surface area contributed by atoms with Crippen LogP contribution in [-0.4, -0.2) is 49.5 Å². The Morgan fingerprint density at radius 3 is 2.32 bits per heavy atom. The fourth-order valence-electron chi connectivity index (χ4n) is 2.34. The Balaban J connectivity index is 2.71. The van der Waals surface area contributed by atoms with Gasteiger partial charge in [0, 0.05) is 18.6 Å². The summed E-state index contributed by atoms with van der Waals surface area (Å²) in [5.41, 5.74) is 2.21. The average Bonchev–Trinajstić information content (AvgIpc) is 2.49. The number of carbonyl (C=O) groups excluding carboxylic acids is 1. The average molecular weight is 348 g/mol. The van der Waals surface area contributed by atoms with Crippen molar-refractivity contribution in [3.05, 3.63) is 35.4 Å². The van der Waals surface area contributed by atoms with Crippen LogP contribution in [0.15, 0.2) is 29.3 Å². The van der Waals surface area contributed by atoms with Gasteiger partial charge in [-0.15, -0.1) is 0 Å². The Morgan fingerprint density at radius 1 is 1.12 bits per heavy atom. The van der Waals surface area contributed by atoms with Crippen molar-refractivity contribution in [2.24, 2.45) is 4.99 Å². The number of rotatable bonds is 7. The van der Waals surface area contributed by atoms with E-state index in [4.69, 9.17) is 0 Å². The van der Waals surface area contributed by atoms with E-state index in [0.29, 0.717) is 12.5 Å². The number of amides is 1. The molecular weight excluding hydrogens is 314 g/mol. The monoisotopic (exact) mass is 347 g/mol. The van der Waals surface area contributed by atoms with Gasteiger partial charge >= 0.3 is 0 Å². The molecule has 0 unspecified atom stereocenters. The van der Waals surface area contributed by atoms with Crippen LogP contribution in [0.25, 0.3) is 0 Å². The molecule has 0 aliphatic heterocycles. The number of nitrogens with one attached hydrogen (secondary N) is 3. The third kappa shape index (κ3) is 9.10. The molecule has 3 N–H and O–H groups in total. The van der Waals surface area contributed by atoms with Crippen molar-refractivity contribution in [1.29, 1.82) is 0 Å². The summed E-state index contributed by atoms with van der Waals surface area (Å²) in [7, 11) is 4.11. The van der Waals surface area contributed by atoms with Gasteiger partial charge in [-0.3, -0.25) is 4.79 Å². The van der Waals surface area contributed by atoms with E-state index in [-0.39, 0.29) is 18.0 Å². The molecular formula is C19H33N5O. The van der Waals surface area contributed by atoms with Crippen molar-refractivity contribution in [3.63, 3.8) is 0 Å². The number of hydrogen-bond acceptors (Lipinski definition) is 3. The van der Waals surface area contributed by atoms with Crippen molar-refractivity contribution >= 4 is 11.9 Å². The lowest BCUT2D eigenvalue weighted by Gasteiger charge is -2.21. The van der Waals surface area contributed by atoms with Gasteiger partial charge in [0.25, 0.3) is 0 Å². The maximum Gasteiger partial charge on any atom is 0.239 e. The number of nitrogens with zero attached hydrogens (tertiary/aromatic N) is 2. The molecule has 0 radical (unpaired) electrons. The van der Waals surface area contributed by atoms with Crippen molar-refractivity contribution in [1.82, 2.24) is 20.9 Å². The van der Waals surface area contributed by atoms with Crippen LogP contribution in [0.5, 0.6) is 0 Å². The Morgan fingerprint density at radius 2 is 1.76 bits per heavy atom. The number of guanidine groups is 1. The number of hydrogen-bond donors (Lipinski definition) is 3. The smallest absolute Gasteiger partial charge is 0.239 e. The molecule has 0 aliphatic rings. The first-order valence-electron chi connectivity index (χ1n) is 8.76. The molecule has 1 rings (SSSR count). The highest BCUT2D eigenvalue weighted by Gasteiger charge is 2.13. The molecule has 0 aromatic heterocycles. The number of aliphatic imine (C=N–C) groups is 1. The second-order valence-corrected chi connectivity index (χ2v) is 7.35. The first kappa shape index (κ1) is 21.0. The van der Waals surface area contributed by atoms with Gasteiger partial charge < -0.3 is 20.9 Å². The normalized spacial score (nSPS) is 12.2. The summed E-state index contributed by atoms with van der Waals surface area (Å²) in [5, 5.41) is 9.20. The quantitative estimate of drug-likeness (QED) is 0.519. The molecule has 0 spiro atoms. The minimum atomic E-state index is -0.237. The highest BCUT2D eigenvalue weighted by atomic mass is 16.2. The molecule has 0 fully saturated rings. The van der Waals surface area contributed by atoms with E-state index in [9.17, 15) is 4.79 Å². The molecule has 1 aromatic carbocycles. The van der Waals surface area contributed by atoms with Crippen molar-refractivity contribution in [2.45, 2.75) is 46.3 Å². The molecule has 140 valence electrons. The third-order valence-electron chi connectivity index (χ3n) is 3.29. The largest absolute Gasteiger partial charge is 0.357 e. The van der Waals surface area contributed by atoms with Crippen LogP contribution in [0.3, 0.4) is 0 Å². The van der Waals surface area contributed by atoms with E-state index < -0.39 is 0 Å². The van der Waals surface area contributed by atoms with Gasteiger partial charge in [-0.1, -0.05) is 24.3 Å². The molecule has 0 heterocycles. The molecule has 6 heteroatoms. The summed E-state index contributed by atoms with van der Waals surface area (Å²) in [6.45, 7) is 10.3. The molecule has 0 saturated carbocycles. The zero-order valence-corrected chi connectivity index (χ0v) is 16.4.